The van der Waals surface area contributed by atoms with Crippen molar-refractivity contribution in [3.05, 3.63) is 21.5 Å². The number of hydrogen-bond donors (Lipinski definition) is 1. The maximum absolute atomic E-state index is 5.43. The van der Waals surface area contributed by atoms with Crippen molar-refractivity contribution in [2.45, 2.75) is 13.0 Å². The second kappa shape index (κ2) is 7.14. The Labute approximate surface area is 125 Å². The summed E-state index contributed by atoms with van der Waals surface area (Å²) < 4.78 is 14.0. The van der Waals surface area contributed by atoms with E-state index in [0.29, 0.717) is 24.6 Å². The zero-order chi connectivity index (χ0) is 13.7. The quantitative estimate of drug-likeness (QED) is 0.619. The number of methoxy groups -OCH3 is 1. The number of fused-ring (bicyclic) bond motifs is 1. The standard InChI is InChI=1S/C12H16BrN3O2S/c1-17-5-6-18-4-2-3-16-11-10(15-12(16)19)7-9(13)8-14-11/h7-8H,2-6H2,1H3,(H,15,19). The highest BCUT2D eigenvalue weighted by Gasteiger charge is 2.05. The summed E-state index contributed by atoms with van der Waals surface area (Å²) in [6, 6.07) is 1.98. The van der Waals surface area contributed by atoms with Crippen molar-refractivity contribution in [3.63, 3.8) is 0 Å². The summed E-state index contributed by atoms with van der Waals surface area (Å²) in [4.78, 5) is 7.54. The van der Waals surface area contributed by atoms with Gasteiger partial charge in [0.25, 0.3) is 0 Å². The molecular formula is C12H16BrN3O2S. The Morgan fingerprint density at radius 2 is 2.26 bits per heavy atom. The van der Waals surface area contributed by atoms with Gasteiger partial charge in [-0.2, -0.15) is 0 Å². The third-order valence-electron chi connectivity index (χ3n) is 2.68. The highest BCUT2D eigenvalue weighted by Crippen LogP contribution is 2.17. The SMILES string of the molecule is COCCOCCCn1c(=S)[nH]c2cc(Br)cnc21. The number of aryl methyl sites for hydroxylation is 1. The number of nitrogens with one attached hydrogen (secondary N) is 1. The summed E-state index contributed by atoms with van der Waals surface area (Å²) in [6.45, 7) is 2.73. The van der Waals surface area contributed by atoms with Crippen LogP contribution in [-0.4, -0.2) is 41.5 Å². The molecule has 0 fully saturated rings. The van der Waals surface area contributed by atoms with Crippen LogP contribution in [0.25, 0.3) is 11.2 Å². The second-order valence-electron chi connectivity index (χ2n) is 4.07. The minimum absolute atomic E-state index is 0.626. The van der Waals surface area contributed by atoms with Crippen molar-refractivity contribution in [2.75, 3.05) is 26.9 Å². The van der Waals surface area contributed by atoms with Crippen LogP contribution in [0.15, 0.2) is 16.7 Å². The lowest BCUT2D eigenvalue weighted by molar-refractivity contribution is 0.0681. The van der Waals surface area contributed by atoms with Gasteiger partial charge in [0.2, 0.25) is 0 Å². The van der Waals surface area contributed by atoms with E-state index in [4.69, 9.17) is 21.7 Å². The van der Waals surface area contributed by atoms with Gasteiger partial charge in [0, 0.05) is 30.9 Å². The van der Waals surface area contributed by atoms with Gasteiger partial charge >= 0.3 is 0 Å². The number of ether oxygens (including phenoxy) is 2. The van der Waals surface area contributed by atoms with Crippen molar-refractivity contribution in [2.24, 2.45) is 0 Å². The molecule has 0 aliphatic carbocycles. The lowest BCUT2D eigenvalue weighted by Crippen LogP contribution is -2.06. The van der Waals surface area contributed by atoms with Crippen molar-refractivity contribution < 1.29 is 9.47 Å². The molecule has 2 rings (SSSR count). The minimum atomic E-state index is 0.626. The normalized spacial score (nSPS) is 11.3. The molecule has 0 amide bonds. The van der Waals surface area contributed by atoms with Crippen molar-refractivity contribution in [3.8, 4) is 0 Å². The van der Waals surface area contributed by atoms with Gasteiger partial charge in [0.05, 0.1) is 18.7 Å². The van der Waals surface area contributed by atoms with Gasteiger partial charge < -0.3 is 19.0 Å². The molecular weight excluding hydrogens is 330 g/mol. The van der Waals surface area contributed by atoms with Crippen LogP contribution in [0.3, 0.4) is 0 Å². The topological polar surface area (TPSA) is 52.1 Å². The van der Waals surface area contributed by atoms with Crippen LogP contribution in [0.5, 0.6) is 0 Å². The van der Waals surface area contributed by atoms with Crippen LogP contribution in [0.1, 0.15) is 6.42 Å². The smallest absolute Gasteiger partial charge is 0.179 e. The minimum Gasteiger partial charge on any atom is -0.382 e. The molecule has 2 aromatic heterocycles. The van der Waals surface area contributed by atoms with Crippen molar-refractivity contribution in [1.82, 2.24) is 14.5 Å². The molecule has 0 saturated heterocycles. The lowest BCUT2D eigenvalue weighted by atomic mass is 10.4. The highest BCUT2D eigenvalue weighted by molar-refractivity contribution is 9.10. The molecule has 0 aliphatic rings. The molecule has 0 unspecified atom stereocenters. The molecule has 0 aliphatic heterocycles. The first-order valence-corrected chi connectivity index (χ1v) is 7.23. The molecule has 2 heterocycles. The number of halogens is 1. The number of pyridine rings is 1. The molecule has 0 aromatic carbocycles. The molecule has 0 bridgehead atoms. The van der Waals surface area contributed by atoms with E-state index < -0.39 is 0 Å². The third kappa shape index (κ3) is 3.85. The number of rotatable bonds is 7. The summed E-state index contributed by atoms with van der Waals surface area (Å²) in [5, 5.41) is 0. The monoisotopic (exact) mass is 345 g/mol. The highest BCUT2D eigenvalue weighted by atomic mass is 79.9. The maximum Gasteiger partial charge on any atom is 0.179 e. The van der Waals surface area contributed by atoms with Gasteiger partial charge in [-0.3, -0.25) is 0 Å². The first-order valence-electron chi connectivity index (χ1n) is 6.03. The number of aromatic nitrogens is 3. The van der Waals surface area contributed by atoms with E-state index in [2.05, 4.69) is 25.9 Å². The molecule has 104 valence electrons. The Balaban J connectivity index is 1.97. The fourth-order valence-corrected chi connectivity index (χ4v) is 2.41. The van der Waals surface area contributed by atoms with Crippen LogP contribution in [0.2, 0.25) is 0 Å². The molecule has 1 N–H and O–H groups in total. The molecule has 0 saturated carbocycles. The van der Waals surface area contributed by atoms with Crippen molar-refractivity contribution >= 4 is 39.3 Å². The summed E-state index contributed by atoms with van der Waals surface area (Å²) in [6.07, 6.45) is 2.67. The zero-order valence-electron chi connectivity index (χ0n) is 10.7. The number of hydrogen-bond acceptors (Lipinski definition) is 4. The summed E-state index contributed by atoms with van der Waals surface area (Å²) >= 11 is 8.70. The Morgan fingerprint density at radius 3 is 3.05 bits per heavy atom. The van der Waals surface area contributed by atoms with E-state index in [1.54, 1.807) is 13.3 Å². The van der Waals surface area contributed by atoms with E-state index in [1.165, 1.54) is 0 Å². The molecule has 0 spiro atoms. The first kappa shape index (κ1) is 14.6. The molecule has 5 nitrogen and oxygen atoms in total. The van der Waals surface area contributed by atoms with E-state index in [9.17, 15) is 0 Å². The van der Waals surface area contributed by atoms with E-state index >= 15 is 0 Å². The van der Waals surface area contributed by atoms with Crippen LogP contribution < -0.4 is 0 Å². The fourth-order valence-electron chi connectivity index (χ4n) is 1.79. The van der Waals surface area contributed by atoms with Gasteiger partial charge in [0.15, 0.2) is 10.4 Å². The Kier molecular flexibility index (Phi) is 5.50. The van der Waals surface area contributed by atoms with Crippen LogP contribution in [-0.2, 0) is 16.0 Å². The van der Waals surface area contributed by atoms with Crippen LogP contribution >= 0.6 is 28.1 Å². The number of H-pyrrole nitrogens is 1. The molecule has 7 heteroatoms. The average molecular weight is 346 g/mol. The summed E-state index contributed by atoms with van der Waals surface area (Å²) in [5.74, 6) is 0. The van der Waals surface area contributed by atoms with Crippen molar-refractivity contribution in [1.29, 1.82) is 0 Å². The molecule has 0 radical (unpaired) electrons. The predicted octanol–water partition coefficient (Wildman–Crippen LogP) is 2.91. The Hall–Kier alpha value is -0.760. The van der Waals surface area contributed by atoms with Gasteiger partial charge in [-0.15, -0.1) is 0 Å². The summed E-state index contributed by atoms with van der Waals surface area (Å²) in [7, 11) is 1.67. The van der Waals surface area contributed by atoms with E-state index in [1.807, 2.05) is 10.6 Å². The van der Waals surface area contributed by atoms with Gasteiger partial charge in [-0.05, 0) is 40.6 Å². The molecule has 2 aromatic rings. The Morgan fingerprint density at radius 1 is 1.42 bits per heavy atom. The second-order valence-corrected chi connectivity index (χ2v) is 5.37. The molecule has 0 atom stereocenters. The van der Waals surface area contributed by atoms with Crippen LogP contribution in [0.4, 0.5) is 0 Å². The lowest BCUT2D eigenvalue weighted by Gasteiger charge is -2.05. The largest absolute Gasteiger partial charge is 0.382 e. The van der Waals surface area contributed by atoms with E-state index in [0.717, 1.165) is 28.6 Å². The number of nitrogens with zero attached hydrogens (tertiary/aromatic N) is 2. The van der Waals surface area contributed by atoms with Crippen LogP contribution in [0, 0.1) is 4.77 Å². The number of imidazole rings is 1. The zero-order valence-corrected chi connectivity index (χ0v) is 13.1. The van der Waals surface area contributed by atoms with E-state index in [-0.39, 0.29) is 0 Å². The first-order chi connectivity index (χ1) is 9.22. The predicted molar refractivity (Wildman–Crippen MR) is 79.9 cm³/mol. The third-order valence-corrected chi connectivity index (χ3v) is 3.43. The summed E-state index contributed by atoms with van der Waals surface area (Å²) in [5.41, 5.74) is 1.82. The maximum atomic E-state index is 5.43. The number of aromatic amines is 1. The van der Waals surface area contributed by atoms with Gasteiger partial charge in [0.1, 0.15) is 0 Å². The Bertz CT molecular complexity index is 596. The van der Waals surface area contributed by atoms with Gasteiger partial charge in [-0.25, -0.2) is 4.98 Å². The molecule has 19 heavy (non-hydrogen) atoms. The average Bonchev–Trinajstić information content (AvgIpc) is 2.69. The van der Waals surface area contributed by atoms with Gasteiger partial charge in [-0.1, -0.05) is 0 Å². The fraction of sp³-hybridized carbons (Fsp3) is 0.500.